The van der Waals surface area contributed by atoms with Gasteiger partial charge in [0.2, 0.25) is 0 Å². The number of hydrogen-bond acceptors (Lipinski definition) is 4. The highest BCUT2D eigenvalue weighted by molar-refractivity contribution is 5.66. The first-order valence-electron chi connectivity index (χ1n) is 3.88. The van der Waals surface area contributed by atoms with Gasteiger partial charge in [-0.05, 0) is 12.1 Å². The van der Waals surface area contributed by atoms with Gasteiger partial charge in [-0.3, -0.25) is 0 Å². The maximum Gasteiger partial charge on any atom is 0.172 e. The van der Waals surface area contributed by atoms with E-state index in [2.05, 4.69) is 5.16 Å². The Morgan fingerprint density at radius 1 is 1.36 bits per heavy atom. The SMILES string of the molecule is Nc1cc(-c2ccc(F)cc2O)on1. The molecule has 0 spiro atoms. The van der Waals surface area contributed by atoms with Crippen molar-refractivity contribution in [3.8, 4) is 17.1 Å². The van der Waals surface area contributed by atoms with Crippen LogP contribution < -0.4 is 5.73 Å². The van der Waals surface area contributed by atoms with E-state index in [1.54, 1.807) is 0 Å². The number of nitrogen functional groups attached to an aromatic ring is 1. The molecule has 2 rings (SSSR count). The average Bonchev–Trinajstić information content (AvgIpc) is 2.51. The second kappa shape index (κ2) is 3.02. The highest BCUT2D eigenvalue weighted by atomic mass is 19.1. The van der Waals surface area contributed by atoms with Crippen LogP contribution >= 0.6 is 0 Å². The number of benzene rings is 1. The zero-order chi connectivity index (χ0) is 10.1. The first kappa shape index (κ1) is 8.55. The second-order valence-corrected chi connectivity index (χ2v) is 2.78. The van der Waals surface area contributed by atoms with Crippen LogP contribution in [0.15, 0.2) is 28.8 Å². The molecule has 2 aromatic rings. The lowest BCUT2D eigenvalue weighted by Gasteiger charge is -1.98. The number of hydrogen-bond donors (Lipinski definition) is 2. The van der Waals surface area contributed by atoms with E-state index in [-0.39, 0.29) is 11.6 Å². The summed E-state index contributed by atoms with van der Waals surface area (Å²) in [4.78, 5) is 0. The molecule has 4 nitrogen and oxygen atoms in total. The number of anilines is 1. The normalized spacial score (nSPS) is 10.4. The van der Waals surface area contributed by atoms with Gasteiger partial charge in [0, 0.05) is 12.1 Å². The van der Waals surface area contributed by atoms with Crippen LogP contribution in [0.5, 0.6) is 5.75 Å². The monoisotopic (exact) mass is 194 g/mol. The zero-order valence-electron chi connectivity index (χ0n) is 7.07. The van der Waals surface area contributed by atoms with Crippen molar-refractivity contribution in [2.45, 2.75) is 0 Å². The van der Waals surface area contributed by atoms with Crippen molar-refractivity contribution < 1.29 is 14.0 Å². The highest BCUT2D eigenvalue weighted by Crippen LogP contribution is 2.30. The number of nitrogens with zero attached hydrogens (tertiary/aromatic N) is 1. The van der Waals surface area contributed by atoms with Crippen LogP contribution in [0.25, 0.3) is 11.3 Å². The lowest BCUT2D eigenvalue weighted by Crippen LogP contribution is -1.80. The van der Waals surface area contributed by atoms with Gasteiger partial charge in [0.1, 0.15) is 11.6 Å². The molecule has 0 atom stereocenters. The predicted octanol–water partition coefficient (Wildman–Crippen LogP) is 1.77. The third-order valence-electron chi connectivity index (χ3n) is 1.75. The summed E-state index contributed by atoms with van der Waals surface area (Å²) < 4.78 is 17.5. The molecule has 3 N–H and O–H groups in total. The van der Waals surface area contributed by atoms with Gasteiger partial charge < -0.3 is 15.4 Å². The molecule has 1 heterocycles. The molecule has 0 aliphatic rings. The zero-order valence-corrected chi connectivity index (χ0v) is 7.07. The quantitative estimate of drug-likeness (QED) is 0.725. The Labute approximate surface area is 78.8 Å². The summed E-state index contributed by atoms with van der Waals surface area (Å²) in [5.41, 5.74) is 5.69. The molecule has 14 heavy (non-hydrogen) atoms. The summed E-state index contributed by atoms with van der Waals surface area (Å²) >= 11 is 0. The molecule has 0 amide bonds. The Morgan fingerprint density at radius 2 is 2.14 bits per heavy atom. The van der Waals surface area contributed by atoms with E-state index >= 15 is 0 Å². The molecule has 0 bridgehead atoms. The van der Waals surface area contributed by atoms with Crippen molar-refractivity contribution in [1.29, 1.82) is 0 Å². The van der Waals surface area contributed by atoms with Gasteiger partial charge in [0.25, 0.3) is 0 Å². The van der Waals surface area contributed by atoms with Gasteiger partial charge >= 0.3 is 0 Å². The first-order chi connectivity index (χ1) is 6.66. The summed E-state index contributed by atoms with van der Waals surface area (Å²) in [6.07, 6.45) is 0. The number of phenols is 1. The third-order valence-corrected chi connectivity index (χ3v) is 1.75. The predicted molar refractivity (Wildman–Crippen MR) is 48.0 cm³/mol. The molecule has 72 valence electrons. The molecule has 1 aromatic heterocycles. The van der Waals surface area contributed by atoms with Crippen LogP contribution in [-0.2, 0) is 0 Å². The molecular formula is C9H7FN2O2. The maximum atomic E-state index is 12.6. The molecule has 0 aliphatic carbocycles. The van der Waals surface area contributed by atoms with Crippen molar-refractivity contribution in [1.82, 2.24) is 5.16 Å². The summed E-state index contributed by atoms with van der Waals surface area (Å²) in [6, 6.07) is 5.05. The van der Waals surface area contributed by atoms with Crippen LogP contribution in [0.3, 0.4) is 0 Å². The van der Waals surface area contributed by atoms with E-state index < -0.39 is 5.82 Å². The Hall–Kier alpha value is -2.04. The van der Waals surface area contributed by atoms with Crippen molar-refractivity contribution in [3.05, 3.63) is 30.1 Å². The Morgan fingerprint density at radius 3 is 2.71 bits per heavy atom. The molecule has 5 heteroatoms. The topological polar surface area (TPSA) is 72.3 Å². The molecule has 0 saturated carbocycles. The van der Waals surface area contributed by atoms with Gasteiger partial charge in [-0.15, -0.1) is 0 Å². The van der Waals surface area contributed by atoms with E-state index in [4.69, 9.17) is 10.3 Å². The van der Waals surface area contributed by atoms with Gasteiger partial charge in [0.15, 0.2) is 11.6 Å². The van der Waals surface area contributed by atoms with E-state index in [0.717, 1.165) is 6.07 Å². The first-order valence-corrected chi connectivity index (χ1v) is 3.88. The lowest BCUT2D eigenvalue weighted by molar-refractivity contribution is 0.428. The van der Waals surface area contributed by atoms with Crippen molar-refractivity contribution in [3.63, 3.8) is 0 Å². The van der Waals surface area contributed by atoms with Crippen molar-refractivity contribution >= 4 is 5.82 Å². The fraction of sp³-hybridized carbons (Fsp3) is 0. The summed E-state index contributed by atoms with van der Waals surface area (Å²) in [5, 5.41) is 12.8. The fourth-order valence-corrected chi connectivity index (χ4v) is 1.13. The van der Waals surface area contributed by atoms with Gasteiger partial charge in [0.05, 0.1) is 5.56 Å². The number of halogens is 1. The number of aromatic nitrogens is 1. The Kier molecular flexibility index (Phi) is 1.85. The van der Waals surface area contributed by atoms with Crippen molar-refractivity contribution in [2.75, 3.05) is 5.73 Å². The van der Waals surface area contributed by atoms with E-state index in [1.165, 1.54) is 18.2 Å². The van der Waals surface area contributed by atoms with Crippen LogP contribution in [0.2, 0.25) is 0 Å². The van der Waals surface area contributed by atoms with E-state index in [1.807, 2.05) is 0 Å². The maximum absolute atomic E-state index is 12.6. The number of nitrogens with two attached hydrogens (primary N) is 1. The highest BCUT2D eigenvalue weighted by Gasteiger charge is 2.10. The smallest absolute Gasteiger partial charge is 0.172 e. The van der Waals surface area contributed by atoms with Crippen LogP contribution in [0.4, 0.5) is 10.2 Å². The van der Waals surface area contributed by atoms with Crippen LogP contribution in [0.1, 0.15) is 0 Å². The molecule has 0 unspecified atom stereocenters. The van der Waals surface area contributed by atoms with Crippen LogP contribution in [-0.4, -0.2) is 10.3 Å². The third kappa shape index (κ3) is 1.39. The minimum absolute atomic E-state index is 0.207. The number of aromatic hydroxyl groups is 1. The minimum Gasteiger partial charge on any atom is -0.507 e. The molecule has 1 aromatic carbocycles. The molecule has 0 aliphatic heterocycles. The average molecular weight is 194 g/mol. The molecule has 0 saturated heterocycles. The summed E-state index contributed by atoms with van der Waals surface area (Å²) in [5.74, 6) is -0.205. The molecular weight excluding hydrogens is 187 g/mol. The molecule has 0 fully saturated rings. The minimum atomic E-state index is -0.515. The lowest BCUT2D eigenvalue weighted by atomic mass is 10.1. The van der Waals surface area contributed by atoms with Crippen molar-refractivity contribution in [2.24, 2.45) is 0 Å². The van der Waals surface area contributed by atoms with Gasteiger partial charge in [-0.25, -0.2) is 4.39 Å². The van der Waals surface area contributed by atoms with Gasteiger partial charge in [-0.1, -0.05) is 5.16 Å². The number of phenolic OH excluding ortho intramolecular Hbond substituents is 1. The largest absolute Gasteiger partial charge is 0.507 e. The molecule has 0 radical (unpaired) electrons. The second-order valence-electron chi connectivity index (χ2n) is 2.78. The fourth-order valence-electron chi connectivity index (χ4n) is 1.13. The van der Waals surface area contributed by atoms with Crippen LogP contribution in [0, 0.1) is 5.82 Å². The van der Waals surface area contributed by atoms with Gasteiger partial charge in [-0.2, -0.15) is 0 Å². The Balaban J connectivity index is 2.52. The Bertz CT molecular complexity index is 468. The standard InChI is InChI=1S/C9H7FN2O2/c10-5-1-2-6(7(13)3-5)8-4-9(11)12-14-8/h1-4,13H,(H2,11,12). The summed E-state index contributed by atoms with van der Waals surface area (Å²) in [7, 11) is 0. The van der Waals surface area contributed by atoms with E-state index in [0.29, 0.717) is 11.3 Å². The summed E-state index contributed by atoms with van der Waals surface area (Å²) in [6.45, 7) is 0. The number of rotatable bonds is 1. The van der Waals surface area contributed by atoms with E-state index in [9.17, 15) is 9.50 Å².